The average molecular weight is 824 g/mol. The van der Waals surface area contributed by atoms with E-state index in [1.54, 1.807) is 0 Å². The third kappa shape index (κ3) is 6.96. The zero-order valence-electron chi connectivity index (χ0n) is 37.6. The topological polar surface area (TPSA) is 64.1 Å². The molecule has 10 rings (SSSR count). The van der Waals surface area contributed by atoms with E-state index in [0.29, 0.717) is 11.4 Å². The second kappa shape index (κ2) is 14.6. The van der Waals surface area contributed by atoms with Gasteiger partial charge in [-0.2, -0.15) is 0 Å². The van der Waals surface area contributed by atoms with E-state index in [9.17, 15) is 5.11 Å². The van der Waals surface area contributed by atoms with Gasteiger partial charge in [0.1, 0.15) is 22.9 Å². The quantitative estimate of drug-likeness (QED) is 0.188. The summed E-state index contributed by atoms with van der Waals surface area (Å²) in [4.78, 5) is 10.5. The Morgan fingerprint density at radius 2 is 1.19 bits per heavy atom. The molecule has 5 heteroatoms. The SMILES string of the molecule is CC(C)(C)c1ccc(-n2c(-c3cc(C(C)(C)C)cc(C(C)(C)C)c3O)nc3c(-c4cccc(-c5nccc6c5oc5cc7ccccc7cc56)c4)cccc32)c(-c2ccccc2)c1. The van der Waals surface area contributed by atoms with Crippen LogP contribution in [0.4, 0.5) is 0 Å². The molecule has 0 unspecified atom stereocenters. The van der Waals surface area contributed by atoms with E-state index >= 15 is 0 Å². The van der Waals surface area contributed by atoms with Crippen LogP contribution in [0.15, 0.2) is 156 Å². The van der Waals surface area contributed by atoms with Gasteiger partial charge < -0.3 is 9.52 Å². The standard InChI is InChI=1S/C58H53N3O2/c1-56(2,3)40-25-26-48(44(32-40)35-17-11-10-12-18-35)61-49-24-16-23-42(52(49)60-55(61)46-33-41(57(4,5)6)34-47(53(46)62)58(7,8)9)38-21-15-22-39(29-38)51-54-43(27-28-59-51)45-30-36-19-13-14-20-37(36)31-50(45)63-54/h10-34,62H,1-9H3. The average Bonchev–Trinajstić information content (AvgIpc) is 3.83. The van der Waals surface area contributed by atoms with Crippen molar-refractivity contribution >= 4 is 43.7 Å². The first-order chi connectivity index (χ1) is 30.0. The van der Waals surface area contributed by atoms with Gasteiger partial charge in [0, 0.05) is 39.2 Å². The molecular formula is C58H53N3O2. The van der Waals surface area contributed by atoms with Gasteiger partial charge >= 0.3 is 0 Å². The molecule has 0 atom stereocenters. The van der Waals surface area contributed by atoms with Crippen molar-refractivity contribution in [3.8, 4) is 56.3 Å². The number of phenols is 1. The summed E-state index contributed by atoms with van der Waals surface area (Å²) in [6, 6.07) is 51.5. The lowest BCUT2D eigenvalue weighted by atomic mass is 9.79. The van der Waals surface area contributed by atoms with Crippen molar-refractivity contribution in [3.63, 3.8) is 0 Å². The maximum Gasteiger partial charge on any atom is 0.161 e. The van der Waals surface area contributed by atoms with Gasteiger partial charge in [-0.15, -0.1) is 0 Å². The molecule has 312 valence electrons. The van der Waals surface area contributed by atoms with Crippen LogP contribution in [0.5, 0.6) is 5.75 Å². The van der Waals surface area contributed by atoms with Crippen molar-refractivity contribution in [3.05, 3.63) is 168 Å². The smallest absolute Gasteiger partial charge is 0.161 e. The molecule has 3 heterocycles. The van der Waals surface area contributed by atoms with Crippen LogP contribution in [0.25, 0.3) is 94.3 Å². The number of furan rings is 1. The zero-order valence-corrected chi connectivity index (χ0v) is 37.6. The first kappa shape index (κ1) is 40.1. The number of hydrogen-bond donors (Lipinski definition) is 1. The van der Waals surface area contributed by atoms with Crippen LogP contribution >= 0.6 is 0 Å². The summed E-state index contributed by atoms with van der Waals surface area (Å²) < 4.78 is 8.90. The van der Waals surface area contributed by atoms with Crippen molar-refractivity contribution in [2.24, 2.45) is 0 Å². The van der Waals surface area contributed by atoms with E-state index in [1.165, 1.54) is 10.9 Å². The molecule has 0 bridgehead atoms. The van der Waals surface area contributed by atoms with E-state index in [2.05, 4.69) is 206 Å². The van der Waals surface area contributed by atoms with E-state index in [4.69, 9.17) is 14.4 Å². The molecule has 0 aliphatic carbocycles. The van der Waals surface area contributed by atoms with Gasteiger partial charge in [0.2, 0.25) is 0 Å². The number of imidazole rings is 1. The molecular weight excluding hydrogens is 771 g/mol. The number of aromatic nitrogens is 3. The fourth-order valence-electron chi connectivity index (χ4n) is 9.04. The maximum absolute atomic E-state index is 12.5. The summed E-state index contributed by atoms with van der Waals surface area (Å²) in [5.41, 5.74) is 13.7. The van der Waals surface area contributed by atoms with Crippen molar-refractivity contribution in [1.29, 1.82) is 0 Å². The Morgan fingerprint density at radius 1 is 0.524 bits per heavy atom. The van der Waals surface area contributed by atoms with Crippen LogP contribution in [0.1, 0.15) is 79.0 Å². The van der Waals surface area contributed by atoms with Crippen LogP contribution in [0, 0.1) is 0 Å². The molecule has 10 aromatic rings. The van der Waals surface area contributed by atoms with Gasteiger partial charge in [0.15, 0.2) is 5.58 Å². The Bertz CT molecular complexity index is 3400. The highest BCUT2D eigenvalue weighted by molar-refractivity contribution is 6.12. The minimum absolute atomic E-state index is 0.0728. The number of fused-ring (bicyclic) bond motifs is 5. The third-order valence-electron chi connectivity index (χ3n) is 12.6. The number of para-hydroxylation sites is 1. The Morgan fingerprint density at radius 3 is 1.92 bits per heavy atom. The molecule has 0 aliphatic rings. The lowest BCUT2D eigenvalue weighted by Gasteiger charge is -2.28. The first-order valence-electron chi connectivity index (χ1n) is 22.0. The minimum Gasteiger partial charge on any atom is -0.507 e. The summed E-state index contributed by atoms with van der Waals surface area (Å²) in [5.74, 6) is 0.936. The number of pyridine rings is 1. The largest absolute Gasteiger partial charge is 0.507 e. The summed E-state index contributed by atoms with van der Waals surface area (Å²) in [7, 11) is 0. The first-order valence-corrected chi connectivity index (χ1v) is 22.0. The fraction of sp³-hybridized carbons (Fsp3) is 0.207. The molecule has 0 amide bonds. The predicted octanol–water partition coefficient (Wildman–Crippen LogP) is 15.7. The fourth-order valence-corrected chi connectivity index (χ4v) is 9.04. The van der Waals surface area contributed by atoms with Gasteiger partial charge in [-0.1, -0.05) is 159 Å². The summed E-state index contributed by atoms with van der Waals surface area (Å²) in [6.45, 7) is 19.9. The molecule has 0 fully saturated rings. The van der Waals surface area contributed by atoms with Crippen LogP contribution in [-0.4, -0.2) is 19.6 Å². The van der Waals surface area contributed by atoms with Crippen LogP contribution in [0.3, 0.4) is 0 Å². The maximum atomic E-state index is 12.5. The molecule has 0 spiro atoms. The molecule has 5 nitrogen and oxygen atoms in total. The van der Waals surface area contributed by atoms with Crippen molar-refractivity contribution in [2.75, 3.05) is 0 Å². The summed E-state index contributed by atoms with van der Waals surface area (Å²) in [6.07, 6.45) is 1.88. The molecule has 0 saturated heterocycles. The third-order valence-corrected chi connectivity index (χ3v) is 12.6. The number of benzene rings is 7. The normalized spacial score (nSPS) is 12.6. The second-order valence-electron chi connectivity index (χ2n) is 20.1. The molecule has 1 N–H and O–H groups in total. The predicted molar refractivity (Wildman–Crippen MR) is 263 cm³/mol. The molecule has 0 saturated carbocycles. The lowest BCUT2D eigenvalue weighted by Crippen LogP contribution is -2.17. The zero-order chi connectivity index (χ0) is 44.0. The van der Waals surface area contributed by atoms with Crippen LogP contribution < -0.4 is 0 Å². The molecule has 0 aliphatic heterocycles. The van der Waals surface area contributed by atoms with Crippen molar-refractivity contribution in [1.82, 2.24) is 14.5 Å². The lowest BCUT2D eigenvalue weighted by molar-refractivity contribution is 0.446. The van der Waals surface area contributed by atoms with E-state index < -0.39 is 0 Å². The number of nitrogens with zero attached hydrogens (tertiary/aromatic N) is 3. The van der Waals surface area contributed by atoms with Crippen LogP contribution in [-0.2, 0) is 16.2 Å². The minimum atomic E-state index is -0.323. The molecule has 3 aromatic heterocycles. The monoisotopic (exact) mass is 823 g/mol. The highest BCUT2D eigenvalue weighted by atomic mass is 16.3. The Kier molecular flexibility index (Phi) is 9.27. The Hall–Kier alpha value is -6.98. The van der Waals surface area contributed by atoms with E-state index in [0.717, 1.165) is 88.7 Å². The number of rotatable bonds is 5. The van der Waals surface area contributed by atoms with Gasteiger partial charge in [-0.05, 0) is 97.8 Å². The Labute approximate surface area is 369 Å². The highest BCUT2D eigenvalue weighted by Crippen LogP contribution is 2.46. The van der Waals surface area contributed by atoms with Crippen molar-refractivity contribution in [2.45, 2.75) is 78.6 Å². The number of phenolic OH excluding ortho intramolecular Hbond substituents is 1. The van der Waals surface area contributed by atoms with E-state index in [1.807, 2.05) is 12.3 Å². The van der Waals surface area contributed by atoms with Crippen LogP contribution in [0.2, 0.25) is 0 Å². The van der Waals surface area contributed by atoms with Gasteiger partial charge in [0.05, 0.1) is 22.3 Å². The summed E-state index contributed by atoms with van der Waals surface area (Å²) in [5, 5.41) is 16.9. The summed E-state index contributed by atoms with van der Waals surface area (Å²) >= 11 is 0. The number of aromatic hydroxyl groups is 1. The van der Waals surface area contributed by atoms with E-state index in [-0.39, 0.29) is 22.0 Å². The van der Waals surface area contributed by atoms with Gasteiger partial charge in [0.25, 0.3) is 0 Å². The van der Waals surface area contributed by atoms with Gasteiger partial charge in [-0.3, -0.25) is 9.55 Å². The molecule has 0 radical (unpaired) electrons. The highest BCUT2D eigenvalue weighted by Gasteiger charge is 2.30. The molecule has 7 aromatic carbocycles. The van der Waals surface area contributed by atoms with Crippen molar-refractivity contribution < 1.29 is 9.52 Å². The number of hydrogen-bond acceptors (Lipinski definition) is 4. The molecule has 63 heavy (non-hydrogen) atoms. The second-order valence-corrected chi connectivity index (χ2v) is 20.1. The Balaban J connectivity index is 1.24. The van der Waals surface area contributed by atoms with Gasteiger partial charge in [-0.25, -0.2) is 4.98 Å².